The Morgan fingerprint density at radius 2 is 2.19 bits per heavy atom. The molecule has 0 radical (unpaired) electrons. The summed E-state index contributed by atoms with van der Waals surface area (Å²) in [6, 6.07) is 0. The molecule has 0 spiro atoms. The number of nitrogens with one attached hydrogen (secondary N) is 2. The van der Waals surface area contributed by atoms with Crippen LogP contribution in [-0.4, -0.2) is 38.1 Å². The summed E-state index contributed by atoms with van der Waals surface area (Å²) in [5.41, 5.74) is 11.6. The van der Waals surface area contributed by atoms with E-state index in [0.717, 1.165) is 24.4 Å². The maximum atomic E-state index is 11.8. The second-order valence-electron chi connectivity index (χ2n) is 5.00. The first-order valence-electron chi connectivity index (χ1n) is 6.75. The topological polar surface area (TPSA) is 119 Å². The summed E-state index contributed by atoms with van der Waals surface area (Å²) in [5.74, 6) is -0.611. The number of carbonyl (C=O) groups is 2. The highest BCUT2D eigenvalue weighted by Crippen LogP contribution is 2.36. The van der Waals surface area contributed by atoms with Crippen molar-refractivity contribution >= 4 is 33.8 Å². The molecule has 21 heavy (non-hydrogen) atoms. The molecular weight excluding hydrogens is 292 g/mol. The Kier molecular flexibility index (Phi) is 4.69. The van der Waals surface area contributed by atoms with Crippen molar-refractivity contribution in [3.8, 4) is 0 Å². The first kappa shape index (κ1) is 15.6. The lowest BCUT2D eigenvalue weighted by Crippen LogP contribution is -2.22. The van der Waals surface area contributed by atoms with Crippen molar-refractivity contribution in [1.29, 1.82) is 0 Å². The zero-order chi connectivity index (χ0) is 15.6. The third kappa shape index (κ3) is 3.11. The highest BCUT2D eigenvalue weighted by Gasteiger charge is 2.27. The Labute approximate surface area is 127 Å². The van der Waals surface area contributed by atoms with Crippen LogP contribution in [0.2, 0.25) is 0 Å². The van der Waals surface area contributed by atoms with Crippen LogP contribution in [0.1, 0.15) is 33.4 Å². The molecular formula is C13H20N4O3S. The van der Waals surface area contributed by atoms with Gasteiger partial charge in [0.05, 0.1) is 17.4 Å². The second-order valence-corrected chi connectivity index (χ2v) is 6.02. The molecule has 6 N–H and O–H groups in total. The van der Waals surface area contributed by atoms with Crippen LogP contribution in [0.4, 0.5) is 10.7 Å². The number of nitrogen functional groups attached to an aromatic ring is 1. The molecule has 1 aromatic heterocycles. The van der Waals surface area contributed by atoms with Crippen molar-refractivity contribution in [3.63, 3.8) is 0 Å². The third-order valence-corrected chi connectivity index (χ3v) is 4.84. The van der Waals surface area contributed by atoms with E-state index < -0.39 is 5.91 Å². The third-order valence-electron chi connectivity index (χ3n) is 3.68. The molecule has 2 unspecified atom stereocenters. The minimum absolute atomic E-state index is 0.130. The van der Waals surface area contributed by atoms with E-state index in [2.05, 4.69) is 10.6 Å². The standard InChI is InChI=1S/C13H20N4O3S/c1-6-7(3-4-20-6)5-17-13-8(11(15)18)9(14)10(21-13)12(19)16-2/h6-7,17H,3-5,14H2,1-2H3,(H2,15,18)(H,16,19). The maximum Gasteiger partial charge on any atom is 0.263 e. The Hall–Kier alpha value is -1.80. The fourth-order valence-corrected chi connectivity index (χ4v) is 3.44. The van der Waals surface area contributed by atoms with Crippen molar-refractivity contribution in [2.24, 2.45) is 11.7 Å². The number of carbonyl (C=O) groups excluding carboxylic acids is 2. The molecule has 0 bridgehead atoms. The molecule has 2 rings (SSSR count). The monoisotopic (exact) mass is 312 g/mol. The maximum absolute atomic E-state index is 11.8. The molecule has 8 heteroatoms. The van der Waals surface area contributed by atoms with Crippen molar-refractivity contribution in [2.45, 2.75) is 19.4 Å². The predicted molar refractivity (Wildman–Crippen MR) is 82.7 cm³/mol. The fourth-order valence-electron chi connectivity index (χ4n) is 2.36. The van der Waals surface area contributed by atoms with Crippen LogP contribution in [0.5, 0.6) is 0 Å². The summed E-state index contributed by atoms with van der Waals surface area (Å²) in [7, 11) is 1.51. The lowest BCUT2D eigenvalue weighted by atomic mass is 10.0. The molecule has 2 atom stereocenters. The van der Waals surface area contributed by atoms with Gasteiger partial charge in [0.15, 0.2) is 0 Å². The van der Waals surface area contributed by atoms with Crippen molar-refractivity contribution in [3.05, 3.63) is 10.4 Å². The molecule has 2 heterocycles. The molecule has 1 aliphatic heterocycles. The summed E-state index contributed by atoms with van der Waals surface area (Å²) < 4.78 is 5.50. The van der Waals surface area contributed by atoms with Crippen LogP contribution in [0.3, 0.4) is 0 Å². The minimum atomic E-state index is -0.642. The normalized spacial score (nSPS) is 21.2. The van der Waals surface area contributed by atoms with Gasteiger partial charge in [0.1, 0.15) is 9.88 Å². The molecule has 2 amide bonds. The number of thiophene rings is 1. The van der Waals surface area contributed by atoms with Gasteiger partial charge in [0, 0.05) is 26.1 Å². The number of primary amides is 1. The quantitative estimate of drug-likeness (QED) is 0.635. The van der Waals surface area contributed by atoms with Gasteiger partial charge in [-0.05, 0) is 13.3 Å². The van der Waals surface area contributed by atoms with E-state index in [1.54, 1.807) is 0 Å². The SMILES string of the molecule is CNC(=O)c1sc(NCC2CCOC2C)c(C(N)=O)c1N. The lowest BCUT2D eigenvalue weighted by molar-refractivity contribution is 0.0967. The lowest BCUT2D eigenvalue weighted by Gasteiger charge is -2.15. The van der Waals surface area contributed by atoms with Gasteiger partial charge in [0.25, 0.3) is 11.8 Å². The molecule has 0 saturated carbocycles. The van der Waals surface area contributed by atoms with Gasteiger partial charge < -0.3 is 26.8 Å². The average molecular weight is 312 g/mol. The van der Waals surface area contributed by atoms with Gasteiger partial charge in [-0.1, -0.05) is 0 Å². The van der Waals surface area contributed by atoms with E-state index in [1.165, 1.54) is 7.05 Å². The number of amides is 2. The van der Waals surface area contributed by atoms with Gasteiger partial charge >= 0.3 is 0 Å². The summed E-state index contributed by atoms with van der Waals surface area (Å²) in [4.78, 5) is 23.6. The van der Waals surface area contributed by atoms with Crippen LogP contribution in [0.25, 0.3) is 0 Å². The molecule has 1 aliphatic rings. The second kappa shape index (κ2) is 6.31. The number of hydrogen-bond acceptors (Lipinski definition) is 6. The molecule has 0 aliphatic carbocycles. The zero-order valence-corrected chi connectivity index (χ0v) is 12.9. The van der Waals surface area contributed by atoms with Crippen LogP contribution in [0, 0.1) is 5.92 Å². The summed E-state index contributed by atoms with van der Waals surface area (Å²) in [5, 5.41) is 6.22. The Balaban J connectivity index is 2.21. The van der Waals surface area contributed by atoms with Crippen LogP contribution >= 0.6 is 11.3 Å². The van der Waals surface area contributed by atoms with E-state index in [-0.39, 0.29) is 23.3 Å². The number of rotatable bonds is 5. The van der Waals surface area contributed by atoms with E-state index in [4.69, 9.17) is 16.2 Å². The van der Waals surface area contributed by atoms with Gasteiger partial charge in [-0.2, -0.15) is 0 Å². The number of ether oxygens (including phenoxy) is 1. The smallest absolute Gasteiger partial charge is 0.263 e. The number of anilines is 2. The number of hydrogen-bond donors (Lipinski definition) is 4. The predicted octanol–water partition coefficient (Wildman–Crippen LogP) is 0.626. The van der Waals surface area contributed by atoms with E-state index in [0.29, 0.717) is 22.3 Å². The van der Waals surface area contributed by atoms with Crippen LogP contribution in [0.15, 0.2) is 0 Å². The van der Waals surface area contributed by atoms with E-state index in [1.807, 2.05) is 6.92 Å². The zero-order valence-electron chi connectivity index (χ0n) is 12.1. The molecule has 7 nitrogen and oxygen atoms in total. The summed E-state index contributed by atoms with van der Waals surface area (Å²) in [6.07, 6.45) is 1.13. The molecule has 1 saturated heterocycles. The van der Waals surface area contributed by atoms with Gasteiger partial charge in [-0.15, -0.1) is 11.3 Å². The highest BCUT2D eigenvalue weighted by molar-refractivity contribution is 7.19. The first-order chi connectivity index (χ1) is 9.95. The summed E-state index contributed by atoms with van der Waals surface area (Å²) >= 11 is 1.14. The Morgan fingerprint density at radius 3 is 2.71 bits per heavy atom. The Morgan fingerprint density at radius 1 is 1.48 bits per heavy atom. The van der Waals surface area contributed by atoms with Crippen molar-refractivity contribution < 1.29 is 14.3 Å². The van der Waals surface area contributed by atoms with Gasteiger partial charge in [-0.3, -0.25) is 9.59 Å². The average Bonchev–Trinajstić information content (AvgIpc) is 2.99. The van der Waals surface area contributed by atoms with Crippen LogP contribution < -0.4 is 22.1 Å². The van der Waals surface area contributed by atoms with Gasteiger partial charge in [-0.25, -0.2) is 0 Å². The van der Waals surface area contributed by atoms with E-state index >= 15 is 0 Å². The fraction of sp³-hybridized carbons (Fsp3) is 0.538. The highest BCUT2D eigenvalue weighted by atomic mass is 32.1. The van der Waals surface area contributed by atoms with E-state index in [9.17, 15) is 9.59 Å². The Bertz CT molecular complexity index is 558. The van der Waals surface area contributed by atoms with Gasteiger partial charge in [0.2, 0.25) is 0 Å². The molecule has 116 valence electrons. The van der Waals surface area contributed by atoms with Crippen molar-refractivity contribution in [1.82, 2.24) is 5.32 Å². The summed E-state index contributed by atoms with van der Waals surface area (Å²) in [6.45, 7) is 3.41. The molecule has 1 fully saturated rings. The van der Waals surface area contributed by atoms with Crippen molar-refractivity contribution in [2.75, 3.05) is 31.2 Å². The molecule has 1 aromatic rings. The molecule has 0 aromatic carbocycles. The minimum Gasteiger partial charge on any atom is -0.397 e. The largest absolute Gasteiger partial charge is 0.397 e. The number of nitrogens with two attached hydrogens (primary N) is 2. The van der Waals surface area contributed by atoms with Crippen LogP contribution in [-0.2, 0) is 4.74 Å². The first-order valence-corrected chi connectivity index (χ1v) is 7.57.